The number of hydrogen-bond donors (Lipinski definition) is 1. The summed E-state index contributed by atoms with van der Waals surface area (Å²) in [5.41, 5.74) is 4.59. The van der Waals surface area contributed by atoms with Crippen LogP contribution in [-0.4, -0.2) is 29.6 Å². The molecule has 0 aliphatic carbocycles. The van der Waals surface area contributed by atoms with Crippen molar-refractivity contribution in [2.24, 2.45) is 0 Å². The number of aryl methyl sites for hydroxylation is 2. The Morgan fingerprint density at radius 3 is 2.50 bits per heavy atom. The van der Waals surface area contributed by atoms with E-state index in [1.54, 1.807) is 0 Å². The summed E-state index contributed by atoms with van der Waals surface area (Å²) in [6.07, 6.45) is 2.54. The van der Waals surface area contributed by atoms with Crippen molar-refractivity contribution < 1.29 is 0 Å². The molecule has 1 fully saturated rings. The molecule has 1 aliphatic rings. The number of piperazine rings is 1. The van der Waals surface area contributed by atoms with E-state index in [1.807, 2.05) is 0 Å². The lowest BCUT2D eigenvalue weighted by atomic mass is 9.93. The van der Waals surface area contributed by atoms with E-state index in [0.29, 0.717) is 6.04 Å². The summed E-state index contributed by atoms with van der Waals surface area (Å²) in [6.45, 7) is 14.8. The molecule has 0 spiro atoms. The van der Waals surface area contributed by atoms with Crippen LogP contribution in [0.3, 0.4) is 0 Å². The van der Waals surface area contributed by atoms with Crippen LogP contribution in [0, 0.1) is 13.8 Å². The molecule has 1 N–H and O–H groups in total. The van der Waals surface area contributed by atoms with Gasteiger partial charge in [-0.25, -0.2) is 0 Å². The third-order valence-electron chi connectivity index (χ3n) is 4.75. The lowest BCUT2D eigenvalue weighted by Crippen LogP contribution is -2.61. The molecule has 1 unspecified atom stereocenters. The van der Waals surface area contributed by atoms with Crippen LogP contribution in [0.4, 0.5) is 0 Å². The van der Waals surface area contributed by atoms with Crippen LogP contribution >= 0.6 is 0 Å². The first kappa shape index (κ1) is 15.5. The molecule has 0 saturated carbocycles. The van der Waals surface area contributed by atoms with Crippen molar-refractivity contribution in [3.63, 3.8) is 0 Å². The van der Waals surface area contributed by atoms with Gasteiger partial charge in [0.25, 0.3) is 0 Å². The molecule has 1 aromatic rings. The Hall–Kier alpha value is -0.860. The van der Waals surface area contributed by atoms with E-state index >= 15 is 0 Å². The second-order valence-electron chi connectivity index (χ2n) is 6.93. The monoisotopic (exact) mass is 274 g/mol. The maximum Gasteiger partial charge on any atom is 0.0281 e. The second-order valence-corrected chi connectivity index (χ2v) is 6.93. The Morgan fingerprint density at radius 2 is 1.90 bits per heavy atom. The Labute approximate surface area is 124 Å². The van der Waals surface area contributed by atoms with E-state index < -0.39 is 0 Å². The van der Waals surface area contributed by atoms with Crippen molar-refractivity contribution in [1.29, 1.82) is 0 Å². The highest BCUT2D eigenvalue weighted by molar-refractivity contribution is 5.33. The van der Waals surface area contributed by atoms with Gasteiger partial charge in [0.15, 0.2) is 0 Å². The van der Waals surface area contributed by atoms with Crippen LogP contribution in [0.25, 0.3) is 0 Å². The van der Waals surface area contributed by atoms with Gasteiger partial charge in [0.05, 0.1) is 0 Å². The van der Waals surface area contributed by atoms with Gasteiger partial charge >= 0.3 is 0 Å². The molecule has 0 bridgehead atoms. The largest absolute Gasteiger partial charge is 0.311 e. The van der Waals surface area contributed by atoms with E-state index in [2.05, 4.69) is 63.0 Å². The lowest BCUT2D eigenvalue weighted by Gasteiger charge is -2.46. The highest BCUT2D eigenvalue weighted by Crippen LogP contribution is 2.25. The Morgan fingerprint density at radius 1 is 1.25 bits per heavy atom. The zero-order chi connectivity index (χ0) is 14.8. The van der Waals surface area contributed by atoms with Gasteiger partial charge in [-0.2, -0.15) is 0 Å². The molecule has 2 heteroatoms. The minimum absolute atomic E-state index is 0.235. The summed E-state index contributed by atoms with van der Waals surface area (Å²) >= 11 is 0. The predicted octanol–water partition coefficient (Wildman–Crippen LogP) is 3.66. The van der Waals surface area contributed by atoms with Gasteiger partial charge in [-0.05, 0) is 50.8 Å². The van der Waals surface area contributed by atoms with Crippen LogP contribution in [0.2, 0.25) is 0 Å². The minimum Gasteiger partial charge on any atom is -0.311 e. The molecule has 112 valence electrons. The number of rotatable bonds is 4. The molecule has 1 heterocycles. The highest BCUT2D eigenvalue weighted by Gasteiger charge is 2.33. The Bertz CT molecular complexity index is 430. The topological polar surface area (TPSA) is 15.3 Å². The van der Waals surface area contributed by atoms with Crippen LogP contribution in [0.5, 0.6) is 0 Å². The fourth-order valence-electron chi connectivity index (χ4n) is 3.19. The minimum atomic E-state index is 0.235. The molecular weight excluding hydrogens is 244 g/mol. The molecule has 0 aromatic heterocycles. The van der Waals surface area contributed by atoms with Crippen molar-refractivity contribution in [1.82, 2.24) is 10.2 Å². The van der Waals surface area contributed by atoms with E-state index in [1.165, 1.54) is 29.5 Å². The Balaban J connectivity index is 2.16. The van der Waals surface area contributed by atoms with Crippen molar-refractivity contribution in [2.75, 3.05) is 13.1 Å². The zero-order valence-electron chi connectivity index (χ0n) is 13.8. The van der Waals surface area contributed by atoms with Crippen molar-refractivity contribution in [2.45, 2.75) is 65.6 Å². The summed E-state index contributed by atoms with van der Waals surface area (Å²) in [5, 5.41) is 3.71. The fraction of sp³-hybridized carbons (Fsp3) is 0.667. The van der Waals surface area contributed by atoms with Gasteiger partial charge in [0.2, 0.25) is 0 Å². The number of nitrogens with zero attached hydrogens (tertiary/aromatic N) is 1. The summed E-state index contributed by atoms with van der Waals surface area (Å²) in [4.78, 5) is 2.67. The molecule has 1 aliphatic heterocycles. The standard InChI is InChI=1S/C18H30N2/c1-6-8-16-11-20(18(4,5)13-19-16)12-17-14(2)9-7-10-15(17)3/h7,9-10,16,19H,6,8,11-13H2,1-5H3. The molecule has 0 radical (unpaired) electrons. The average Bonchev–Trinajstić information content (AvgIpc) is 2.38. The van der Waals surface area contributed by atoms with Crippen LogP contribution in [-0.2, 0) is 6.54 Å². The SMILES string of the molecule is CCCC1CN(Cc2c(C)cccc2C)C(C)(C)CN1. The Kier molecular flexibility index (Phi) is 4.87. The van der Waals surface area contributed by atoms with E-state index in [4.69, 9.17) is 0 Å². The van der Waals surface area contributed by atoms with E-state index in [-0.39, 0.29) is 5.54 Å². The third-order valence-corrected chi connectivity index (χ3v) is 4.75. The summed E-state index contributed by atoms with van der Waals surface area (Å²) < 4.78 is 0. The first-order valence-electron chi connectivity index (χ1n) is 7.97. The highest BCUT2D eigenvalue weighted by atomic mass is 15.3. The fourth-order valence-corrected chi connectivity index (χ4v) is 3.19. The number of benzene rings is 1. The second kappa shape index (κ2) is 6.28. The first-order valence-corrected chi connectivity index (χ1v) is 7.97. The first-order chi connectivity index (χ1) is 9.44. The number of nitrogens with one attached hydrogen (secondary N) is 1. The maximum absolute atomic E-state index is 3.71. The summed E-state index contributed by atoms with van der Waals surface area (Å²) in [7, 11) is 0. The molecule has 20 heavy (non-hydrogen) atoms. The predicted molar refractivity (Wildman–Crippen MR) is 87.1 cm³/mol. The van der Waals surface area contributed by atoms with Crippen molar-refractivity contribution in [3.8, 4) is 0 Å². The molecule has 1 atom stereocenters. The van der Waals surface area contributed by atoms with Gasteiger partial charge in [0, 0.05) is 31.2 Å². The van der Waals surface area contributed by atoms with Gasteiger partial charge in [0.1, 0.15) is 0 Å². The normalized spacial score (nSPS) is 22.9. The van der Waals surface area contributed by atoms with Gasteiger partial charge in [-0.1, -0.05) is 31.5 Å². The third kappa shape index (κ3) is 3.42. The van der Waals surface area contributed by atoms with Crippen LogP contribution in [0.15, 0.2) is 18.2 Å². The molecule has 1 saturated heterocycles. The molecule has 0 amide bonds. The molecule has 1 aromatic carbocycles. The summed E-state index contributed by atoms with van der Waals surface area (Å²) in [6, 6.07) is 7.29. The van der Waals surface area contributed by atoms with E-state index in [0.717, 1.165) is 19.6 Å². The van der Waals surface area contributed by atoms with Gasteiger partial charge in [-0.3, -0.25) is 4.90 Å². The van der Waals surface area contributed by atoms with Crippen LogP contribution in [0.1, 0.15) is 50.3 Å². The maximum atomic E-state index is 3.71. The molecule has 2 rings (SSSR count). The lowest BCUT2D eigenvalue weighted by molar-refractivity contribution is 0.0560. The van der Waals surface area contributed by atoms with Crippen LogP contribution < -0.4 is 5.32 Å². The summed E-state index contributed by atoms with van der Waals surface area (Å²) in [5.74, 6) is 0. The van der Waals surface area contributed by atoms with E-state index in [9.17, 15) is 0 Å². The average molecular weight is 274 g/mol. The molecule has 2 nitrogen and oxygen atoms in total. The molecular formula is C18H30N2. The van der Waals surface area contributed by atoms with Gasteiger partial charge in [-0.15, -0.1) is 0 Å². The van der Waals surface area contributed by atoms with Crippen molar-refractivity contribution in [3.05, 3.63) is 34.9 Å². The van der Waals surface area contributed by atoms with Crippen molar-refractivity contribution >= 4 is 0 Å². The smallest absolute Gasteiger partial charge is 0.0281 e. The zero-order valence-corrected chi connectivity index (χ0v) is 13.8. The number of hydrogen-bond acceptors (Lipinski definition) is 2. The van der Waals surface area contributed by atoms with Gasteiger partial charge < -0.3 is 5.32 Å². The quantitative estimate of drug-likeness (QED) is 0.901.